The van der Waals surface area contributed by atoms with Gasteiger partial charge in [-0.25, -0.2) is 27.2 Å². The Hall–Kier alpha value is -3.61. The fourth-order valence-corrected chi connectivity index (χ4v) is 6.31. The zero-order chi connectivity index (χ0) is 31.2. The van der Waals surface area contributed by atoms with E-state index in [1.807, 2.05) is 18.2 Å². The first-order chi connectivity index (χ1) is 21.2. The molecule has 12 heteroatoms. The molecule has 4 aromatic rings. The zero-order valence-corrected chi connectivity index (χ0v) is 26.6. The van der Waals surface area contributed by atoms with Crippen molar-refractivity contribution < 1.29 is 26.7 Å². The van der Waals surface area contributed by atoms with Crippen LogP contribution in [0.15, 0.2) is 77.7 Å². The Kier molecular flexibility index (Phi) is 10.1. The Balaban J connectivity index is 1.31. The maximum absolute atomic E-state index is 15.6. The number of nitrogens with one attached hydrogen (secondary N) is 2. The Morgan fingerprint density at radius 3 is 2.70 bits per heavy atom. The normalized spacial score (nSPS) is 16.3. The zero-order valence-electron chi connectivity index (χ0n) is 24.2. The molecule has 1 aliphatic rings. The van der Waals surface area contributed by atoms with Gasteiger partial charge < -0.3 is 20.1 Å². The van der Waals surface area contributed by atoms with Gasteiger partial charge in [0.25, 0.3) is 0 Å². The molecular weight excluding hydrogens is 654 g/mol. The van der Waals surface area contributed by atoms with Crippen molar-refractivity contribution in [1.29, 1.82) is 0 Å². The number of rotatable bonds is 14. The number of nitrogens with zero attached hydrogens (tertiary/aromatic N) is 2. The fourth-order valence-electron chi connectivity index (χ4n) is 5.08. The summed E-state index contributed by atoms with van der Waals surface area (Å²) in [4.78, 5) is 8.72. The summed E-state index contributed by atoms with van der Waals surface area (Å²) in [5, 5.41) is 7.10. The molecule has 0 saturated heterocycles. The summed E-state index contributed by atoms with van der Waals surface area (Å²) >= 11 is 3.54. The quantitative estimate of drug-likeness (QED) is 0.138. The topological polar surface area (TPSA) is 102 Å². The minimum Gasteiger partial charge on any atom is -0.490 e. The number of hydrogen-bond acceptors (Lipinski definition) is 8. The maximum Gasteiger partial charge on any atom is 0.151 e. The number of benzene rings is 3. The van der Waals surface area contributed by atoms with E-state index in [9.17, 15) is 12.8 Å². The van der Waals surface area contributed by atoms with E-state index in [1.165, 1.54) is 24.5 Å². The molecule has 0 bridgehead atoms. The number of fused-ring (bicyclic) bond motifs is 1. The second-order valence-corrected chi connectivity index (χ2v) is 13.9. The van der Waals surface area contributed by atoms with Crippen molar-refractivity contribution in [2.75, 3.05) is 29.9 Å². The van der Waals surface area contributed by atoms with Crippen LogP contribution in [0, 0.1) is 11.6 Å². The summed E-state index contributed by atoms with van der Waals surface area (Å²) in [6.07, 6.45) is 6.53. The van der Waals surface area contributed by atoms with Crippen LogP contribution in [0.25, 0.3) is 10.9 Å². The van der Waals surface area contributed by atoms with Crippen LogP contribution in [0.1, 0.15) is 37.3 Å². The van der Waals surface area contributed by atoms with E-state index in [0.717, 1.165) is 0 Å². The lowest BCUT2D eigenvalue weighted by molar-refractivity contribution is 0.0273. The molecule has 1 atom stereocenters. The number of sulfone groups is 1. The molecule has 0 radical (unpaired) electrons. The van der Waals surface area contributed by atoms with E-state index in [0.29, 0.717) is 76.1 Å². The van der Waals surface area contributed by atoms with E-state index >= 15 is 4.39 Å². The molecule has 8 nitrogen and oxygen atoms in total. The molecule has 1 aromatic heterocycles. The molecule has 0 amide bonds. The van der Waals surface area contributed by atoms with Crippen LogP contribution < -0.4 is 15.4 Å². The van der Waals surface area contributed by atoms with E-state index in [2.05, 4.69) is 36.5 Å². The molecule has 1 unspecified atom stereocenters. The highest BCUT2D eigenvalue weighted by Gasteiger charge is 2.38. The smallest absolute Gasteiger partial charge is 0.151 e. The first kappa shape index (κ1) is 31.8. The summed E-state index contributed by atoms with van der Waals surface area (Å²) in [7, 11) is -3.03. The van der Waals surface area contributed by atoms with Crippen LogP contribution in [0.3, 0.4) is 0 Å². The standard InChI is InChI=1S/C32H33BrF2N4O4S/c1-2-44(40,41)15-13-36-12-4-10-32(11-5-14-43-32)26-18-25-29(19-28(26)35)37-21-38-31(25)39-24-8-9-30(27(33)17-24)42-20-22-6-3-7-23(34)16-22/h3,5-9,14,16-19,21,36H,2,4,10-13,15,20H2,1H3,(H,37,38,39). The SMILES string of the molecule is CCS(=O)(=O)CCNCCCC1(c2cc3c(Nc4ccc(OCc5cccc(F)c5)c(Br)c4)ncnc3cc2F)CC=CO1. The molecule has 0 aliphatic carbocycles. The van der Waals surface area contributed by atoms with Gasteiger partial charge in [-0.05, 0) is 83.4 Å². The van der Waals surface area contributed by atoms with Gasteiger partial charge in [0.1, 0.15) is 41.7 Å². The average Bonchev–Trinajstić information content (AvgIpc) is 3.48. The highest BCUT2D eigenvalue weighted by molar-refractivity contribution is 9.10. The molecule has 0 spiro atoms. The van der Waals surface area contributed by atoms with Crippen molar-refractivity contribution >= 4 is 48.2 Å². The number of ether oxygens (including phenoxy) is 2. The van der Waals surface area contributed by atoms with Gasteiger partial charge in [-0.1, -0.05) is 19.1 Å². The van der Waals surface area contributed by atoms with Crippen molar-refractivity contribution in [2.24, 2.45) is 0 Å². The maximum atomic E-state index is 15.6. The largest absolute Gasteiger partial charge is 0.490 e. The molecule has 3 aromatic carbocycles. The second-order valence-electron chi connectivity index (χ2n) is 10.5. The predicted molar refractivity (Wildman–Crippen MR) is 171 cm³/mol. The van der Waals surface area contributed by atoms with Crippen molar-refractivity contribution in [3.8, 4) is 5.75 Å². The number of aromatic nitrogens is 2. The monoisotopic (exact) mass is 686 g/mol. The van der Waals surface area contributed by atoms with E-state index in [4.69, 9.17) is 9.47 Å². The van der Waals surface area contributed by atoms with Crippen molar-refractivity contribution in [2.45, 2.75) is 38.4 Å². The number of anilines is 2. The molecule has 44 heavy (non-hydrogen) atoms. The highest BCUT2D eigenvalue weighted by atomic mass is 79.9. The number of hydrogen-bond donors (Lipinski definition) is 2. The molecule has 232 valence electrons. The molecule has 1 aliphatic heterocycles. The minimum atomic E-state index is -3.03. The third-order valence-corrected chi connectivity index (χ3v) is 9.82. The predicted octanol–water partition coefficient (Wildman–Crippen LogP) is 6.93. The van der Waals surface area contributed by atoms with Crippen LogP contribution in [-0.4, -0.2) is 43.0 Å². The fraction of sp³-hybridized carbons (Fsp3) is 0.312. The Labute approximate surface area is 264 Å². The third-order valence-electron chi connectivity index (χ3n) is 7.49. The van der Waals surface area contributed by atoms with Crippen molar-refractivity contribution in [1.82, 2.24) is 15.3 Å². The Morgan fingerprint density at radius 1 is 1.09 bits per heavy atom. The second kappa shape index (κ2) is 14.0. The van der Waals surface area contributed by atoms with Gasteiger partial charge in [0, 0.05) is 41.4 Å². The van der Waals surface area contributed by atoms with Crippen molar-refractivity contribution in [3.63, 3.8) is 0 Å². The summed E-state index contributed by atoms with van der Waals surface area (Å²) in [5.41, 5.74) is 1.38. The summed E-state index contributed by atoms with van der Waals surface area (Å²) in [6.45, 7) is 2.79. The van der Waals surface area contributed by atoms with Crippen LogP contribution in [0.2, 0.25) is 0 Å². The first-order valence-corrected chi connectivity index (χ1v) is 16.9. The molecule has 0 saturated carbocycles. The lowest BCUT2D eigenvalue weighted by Crippen LogP contribution is -2.29. The first-order valence-electron chi connectivity index (χ1n) is 14.3. The highest BCUT2D eigenvalue weighted by Crippen LogP contribution is 2.42. The molecule has 2 heterocycles. The summed E-state index contributed by atoms with van der Waals surface area (Å²) in [5.74, 6) is 0.552. The number of halogens is 3. The van der Waals surface area contributed by atoms with Crippen LogP contribution >= 0.6 is 15.9 Å². The van der Waals surface area contributed by atoms with Gasteiger partial charge in [-0.2, -0.15) is 0 Å². The van der Waals surface area contributed by atoms with Gasteiger partial charge in [-0.15, -0.1) is 0 Å². The average molecular weight is 688 g/mol. The van der Waals surface area contributed by atoms with E-state index < -0.39 is 21.3 Å². The van der Waals surface area contributed by atoms with E-state index in [1.54, 1.807) is 37.5 Å². The molecule has 5 rings (SSSR count). The van der Waals surface area contributed by atoms with Crippen LogP contribution in [-0.2, 0) is 26.8 Å². The molecule has 0 fully saturated rings. The Morgan fingerprint density at radius 2 is 1.95 bits per heavy atom. The lowest BCUT2D eigenvalue weighted by atomic mass is 9.85. The van der Waals surface area contributed by atoms with Gasteiger partial charge in [0.2, 0.25) is 0 Å². The van der Waals surface area contributed by atoms with Gasteiger partial charge in [0.15, 0.2) is 9.84 Å². The molecular formula is C32H33BrF2N4O4S. The Bertz CT molecular complexity index is 1760. The lowest BCUT2D eigenvalue weighted by Gasteiger charge is -2.30. The van der Waals surface area contributed by atoms with Crippen LogP contribution in [0.4, 0.5) is 20.3 Å². The van der Waals surface area contributed by atoms with Gasteiger partial charge >= 0.3 is 0 Å². The van der Waals surface area contributed by atoms with E-state index in [-0.39, 0.29) is 23.9 Å². The van der Waals surface area contributed by atoms with Gasteiger partial charge in [-0.3, -0.25) is 0 Å². The van der Waals surface area contributed by atoms with Gasteiger partial charge in [0.05, 0.1) is 22.0 Å². The third kappa shape index (κ3) is 7.72. The minimum absolute atomic E-state index is 0.0863. The van der Waals surface area contributed by atoms with Crippen molar-refractivity contribution in [3.05, 3.63) is 100 Å². The molecule has 2 N–H and O–H groups in total. The van der Waals surface area contributed by atoms with Crippen LogP contribution in [0.5, 0.6) is 5.75 Å². The summed E-state index contributed by atoms with van der Waals surface area (Å²) < 4.78 is 65.1. The summed E-state index contributed by atoms with van der Waals surface area (Å²) in [6, 6.07) is 14.8.